The molecule has 21 heavy (non-hydrogen) atoms. The Bertz CT molecular complexity index is 602. The fraction of sp³-hybridized carbons (Fsp3) is 0.353. The van der Waals surface area contributed by atoms with E-state index in [2.05, 4.69) is 46.4 Å². The molecule has 4 nitrogen and oxygen atoms in total. The molecule has 2 amide bonds. The van der Waals surface area contributed by atoms with Crippen LogP contribution in [0.1, 0.15) is 30.7 Å². The highest BCUT2D eigenvalue weighted by Crippen LogP contribution is 2.09. The molecule has 0 atom stereocenters. The number of carbonyl (C=O) groups excluding carboxylic acids is 1. The Balaban J connectivity index is 1.97. The molecule has 0 fully saturated rings. The molecule has 2 N–H and O–H groups in total. The maximum absolute atomic E-state index is 11.6. The van der Waals surface area contributed by atoms with Crippen molar-refractivity contribution in [3.05, 3.63) is 59.4 Å². The Hall–Kier alpha value is -2.23. The Morgan fingerprint density at radius 2 is 2.05 bits per heavy atom. The molecule has 0 unspecified atom stereocenters. The minimum atomic E-state index is -0.131. The van der Waals surface area contributed by atoms with E-state index in [1.54, 1.807) is 0 Å². The Labute approximate surface area is 126 Å². The summed E-state index contributed by atoms with van der Waals surface area (Å²) in [5.41, 5.74) is 3.62. The fourth-order valence-corrected chi connectivity index (χ4v) is 2.26. The molecule has 1 aromatic heterocycles. The van der Waals surface area contributed by atoms with Crippen LogP contribution in [-0.2, 0) is 13.1 Å². The van der Waals surface area contributed by atoms with Crippen LogP contribution in [-0.4, -0.2) is 16.6 Å². The van der Waals surface area contributed by atoms with Gasteiger partial charge in [-0.3, -0.25) is 0 Å². The summed E-state index contributed by atoms with van der Waals surface area (Å²) in [5.74, 6) is 0. The first-order valence-corrected chi connectivity index (χ1v) is 7.28. The van der Waals surface area contributed by atoms with E-state index in [4.69, 9.17) is 0 Å². The summed E-state index contributed by atoms with van der Waals surface area (Å²) in [6.45, 7) is 7.33. The van der Waals surface area contributed by atoms with Crippen molar-refractivity contribution in [3.8, 4) is 0 Å². The lowest BCUT2D eigenvalue weighted by atomic mass is 10.1. The molecule has 0 aliphatic heterocycles. The number of benzene rings is 1. The SMILES string of the molecule is Cc1cccc(Cn2cccc2CNC(=O)NC(C)C)c1. The Kier molecular flexibility index (Phi) is 5.04. The van der Waals surface area contributed by atoms with Gasteiger partial charge in [-0.2, -0.15) is 0 Å². The van der Waals surface area contributed by atoms with Crippen LogP contribution in [0.4, 0.5) is 4.79 Å². The molecule has 1 aromatic carbocycles. The summed E-state index contributed by atoms with van der Waals surface area (Å²) in [7, 11) is 0. The summed E-state index contributed by atoms with van der Waals surface area (Å²) in [4.78, 5) is 11.6. The second-order valence-corrected chi connectivity index (χ2v) is 5.60. The minimum Gasteiger partial charge on any atom is -0.345 e. The summed E-state index contributed by atoms with van der Waals surface area (Å²) < 4.78 is 2.16. The highest BCUT2D eigenvalue weighted by Gasteiger charge is 2.05. The number of rotatable bonds is 5. The molecule has 0 aliphatic rings. The largest absolute Gasteiger partial charge is 0.345 e. The van der Waals surface area contributed by atoms with Gasteiger partial charge in [0.2, 0.25) is 0 Å². The van der Waals surface area contributed by atoms with Crippen molar-refractivity contribution in [3.63, 3.8) is 0 Å². The van der Waals surface area contributed by atoms with E-state index in [0.29, 0.717) is 6.54 Å². The van der Waals surface area contributed by atoms with Gasteiger partial charge < -0.3 is 15.2 Å². The number of carbonyl (C=O) groups is 1. The topological polar surface area (TPSA) is 46.1 Å². The minimum absolute atomic E-state index is 0.131. The van der Waals surface area contributed by atoms with Crippen molar-refractivity contribution in [2.45, 2.75) is 39.9 Å². The molecule has 4 heteroatoms. The van der Waals surface area contributed by atoms with Gasteiger partial charge in [-0.15, -0.1) is 0 Å². The molecule has 0 saturated heterocycles. The number of nitrogens with one attached hydrogen (secondary N) is 2. The van der Waals surface area contributed by atoms with Gasteiger partial charge in [0.05, 0.1) is 6.54 Å². The second kappa shape index (κ2) is 6.97. The average molecular weight is 285 g/mol. The molecular formula is C17H23N3O. The van der Waals surface area contributed by atoms with Gasteiger partial charge in [-0.25, -0.2) is 4.79 Å². The average Bonchev–Trinajstić information content (AvgIpc) is 2.83. The van der Waals surface area contributed by atoms with Crippen LogP contribution in [0.5, 0.6) is 0 Å². The second-order valence-electron chi connectivity index (χ2n) is 5.60. The van der Waals surface area contributed by atoms with E-state index in [9.17, 15) is 4.79 Å². The van der Waals surface area contributed by atoms with Crippen molar-refractivity contribution in [2.75, 3.05) is 0 Å². The first-order chi connectivity index (χ1) is 10.0. The van der Waals surface area contributed by atoms with Crippen LogP contribution < -0.4 is 10.6 Å². The number of aromatic nitrogens is 1. The highest BCUT2D eigenvalue weighted by atomic mass is 16.2. The smallest absolute Gasteiger partial charge is 0.315 e. The first-order valence-electron chi connectivity index (χ1n) is 7.28. The number of nitrogens with zero attached hydrogens (tertiary/aromatic N) is 1. The van der Waals surface area contributed by atoms with Gasteiger partial charge in [-0.1, -0.05) is 29.8 Å². The van der Waals surface area contributed by atoms with Gasteiger partial charge in [0.1, 0.15) is 0 Å². The van der Waals surface area contributed by atoms with E-state index < -0.39 is 0 Å². The van der Waals surface area contributed by atoms with Crippen molar-refractivity contribution in [1.82, 2.24) is 15.2 Å². The molecular weight excluding hydrogens is 262 g/mol. The van der Waals surface area contributed by atoms with Crippen LogP contribution in [0.15, 0.2) is 42.6 Å². The van der Waals surface area contributed by atoms with Gasteiger partial charge in [0.25, 0.3) is 0 Å². The zero-order valence-corrected chi connectivity index (χ0v) is 12.9. The molecule has 0 aliphatic carbocycles. The van der Waals surface area contributed by atoms with Gasteiger partial charge in [-0.05, 0) is 38.5 Å². The van der Waals surface area contributed by atoms with E-state index >= 15 is 0 Å². The van der Waals surface area contributed by atoms with Crippen LogP contribution in [0.25, 0.3) is 0 Å². The number of hydrogen-bond donors (Lipinski definition) is 2. The number of urea groups is 1. The summed E-state index contributed by atoms with van der Waals surface area (Å²) in [6, 6.07) is 12.5. The lowest BCUT2D eigenvalue weighted by Crippen LogP contribution is -2.39. The van der Waals surface area contributed by atoms with E-state index in [-0.39, 0.29) is 12.1 Å². The molecule has 0 saturated carbocycles. The highest BCUT2D eigenvalue weighted by molar-refractivity contribution is 5.74. The zero-order valence-electron chi connectivity index (χ0n) is 12.9. The third-order valence-electron chi connectivity index (χ3n) is 3.21. The molecule has 2 rings (SSSR count). The van der Waals surface area contributed by atoms with Crippen molar-refractivity contribution in [1.29, 1.82) is 0 Å². The van der Waals surface area contributed by atoms with Crippen LogP contribution >= 0.6 is 0 Å². The van der Waals surface area contributed by atoms with Crippen LogP contribution in [0.2, 0.25) is 0 Å². The van der Waals surface area contributed by atoms with E-state index in [0.717, 1.165) is 12.2 Å². The maximum Gasteiger partial charge on any atom is 0.315 e. The summed E-state index contributed by atoms with van der Waals surface area (Å²) in [6.07, 6.45) is 2.04. The Morgan fingerprint density at radius 3 is 2.76 bits per heavy atom. The molecule has 0 bridgehead atoms. The van der Waals surface area contributed by atoms with Crippen molar-refractivity contribution < 1.29 is 4.79 Å². The van der Waals surface area contributed by atoms with Crippen LogP contribution in [0, 0.1) is 6.92 Å². The van der Waals surface area contributed by atoms with Crippen molar-refractivity contribution >= 4 is 6.03 Å². The normalized spacial score (nSPS) is 10.7. The van der Waals surface area contributed by atoms with Gasteiger partial charge in [0.15, 0.2) is 0 Å². The third kappa shape index (κ3) is 4.67. The maximum atomic E-state index is 11.6. The Morgan fingerprint density at radius 1 is 1.24 bits per heavy atom. The van der Waals surface area contributed by atoms with E-state index in [1.165, 1.54) is 11.1 Å². The lowest BCUT2D eigenvalue weighted by molar-refractivity contribution is 0.238. The molecule has 112 valence electrons. The van der Waals surface area contributed by atoms with Gasteiger partial charge >= 0.3 is 6.03 Å². The number of aryl methyl sites for hydroxylation is 1. The fourth-order valence-electron chi connectivity index (χ4n) is 2.26. The van der Waals surface area contributed by atoms with Crippen molar-refractivity contribution in [2.24, 2.45) is 0 Å². The number of amides is 2. The van der Waals surface area contributed by atoms with Crippen LogP contribution in [0.3, 0.4) is 0 Å². The van der Waals surface area contributed by atoms with Gasteiger partial charge in [0, 0.05) is 24.5 Å². The molecule has 0 spiro atoms. The predicted octanol–water partition coefficient (Wildman–Crippen LogP) is 3.05. The molecule has 1 heterocycles. The molecule has 2 aromatic rings. The predicted molar refractivity (Wildman–Crippen MR) is 85.2 cm³/mol. The summed E-state index contributed by atoms with van der Waals surface area (Å²) >= 11 is 0. The first kappa shape index (κ1) is 15.2. The van der Waals surface area contributed by atoms with E-state index in [1.807, 2.05) is 32.2 Å². The number of hydrogen-bond acceptors (Lipinski definition) is 1. The standard InChI is InChI=1S/C17H23N3O/c1-13(2)19-17(21)18-11-16-8-5-9-20(16)12-15-7-4-6-14(3)10-15/h4-10,13H,11-12H2,1-3H3,(H2,18,19,21). The zero-order chi connectivity index (χ0) is 15.2. The monoisotopic (exact) mass is 285 g/mol. The molecule has 0 radical (unpaired) electrons. The quantitative estimate of drug-likeness (QED) is 0.871. The lowest BCUT2D eigenvalue weighted by Gasteiger charge is -2.13. The summed E-state index contributed by atoms with van der Waals surface area (Å²) in [5, 5.41) is 5.71. The third-order valence-corrected chi connectivity index (χ3v) is 3.21.